The van der Waals surface area contributed by atoms with Gasteiger partial charge < -0.3 is 14.7 Å². The smallest absolute Gasteiger partial charge is 0.407 e. The van der Waals surface area contributed by atoms with E-state index in [2.05, 4.69) is 0 Å². The lowest BCUT2D eigenvalue weighted by molar-refractivity contribution is -0.145. The van der Waals surface area contributed by atoms with E-state index in [0.29, 0.717) is 26.2 Å². The Morgan fingerprint density at radius 2 is 2.12 bits per heavy atom. The van der Waals surface area contributed by atoms with Gasteiger partial charge in [0.2, 0.25) is 0 Å². The van der Waals surface area contributed by atoms with E-state index in [4.69, 9.17) is 9.84 Å². The van der Waals surface area contributed by atoms with Crippen molar-refractivity contribution < 1.29 is 19.4 Å². The van der Waals surface area contributed by atoms with Gasteiger partial charge in [-0.2, -0.15) is 0 Å². The number of hydrogen-bond donors (Lipinski definition) is 1. The highest BCUT2D eigenvalue weighted by Crippen LogP contribution is 2.09. The predicted molar refractivity (Wildman–Crippen MR) is 57.3 cm³/mol. The minimum Gasteiger partial charge on any atom is -0.465 e. The summed E-state index contributed by atoms with van der Waals surface area (Å²) >= 11 is 0. The summed E-state index contributed by atoms with van der Waals surface area (Å²) in [6.45, 7) is 5.82. The van der Waals surface area contributed by atoms with Crippen molar-refractivity contribution in [2.24, 2.45) is 0 Å². The molecule has 0 saturated carbocycles. The highest BCUT2D eigenvalue weighted by atomic mass is 16.5. The minimum absolute atomic E-state index is 0.0827. The molecule has 1 aliphatic rings. The third kappa shape index (κ3) is 3.37. The Kier molecular flexibility index (Phi) is 4.54. The summed E-state index contributed by atoms with van der Waals surface area (Å²) in [5, 5.41) is 8.88. The summed E-state index contributed by atoms with van der Waals surface area (Å²) in [4.78, 5) is 25.4. The second-order valence-corrected chi connectivity index (χ2v) is 3.87. The molecule has 1 N–H and O–H groups in total. The lowest BCUT2D eigenvalue weighted by atomic mass is 10.2. The van der Waals surface area contributed by atoms with Crippen molar-refractivity contribution in [2.75, 3.05) is 32.8 Å². The van der Waals surface area contributed by atoms with Gasteiger partial charge in [0.15, 0.2) is 0 Å². The highest BCUT2D eigenvalue weighted by Gasteiger charge is 2.27. The summed E-state index contributed by atoms with van der Waals surface area (Å²) in [6.07, 6.45) is -0.900. The van der Waals surface area contributed by atoms with E-state index in [1.807, 2.05) is 11.8 Å². The van der Waals surface area contributed by atoms with Gasteiger partial charge in [-0.3, -0.25) is 9.69 Å². The zero-order valence-electron chi connectivity index (χ0n) is 9.68. The average molecular weight is 230 g/mol. The van der Waals surface area contributed by atoms with Gasteiger partial charge in [0.25, 0.3) is 0 Å². The lowest BCUT2D eigenvalue weighted by Crippen LogP contribution is -2.54. The van der Waals surface area contributed by atoms with E-state index in [1.54, 1.807) is 6.92 Å². The summed E-state index contributed by atoms with van der Waals surface area (Å²) in [5.74, 6) is -0.251. The van der Waals surface area contributed by atoms with E-state index in [0.717, 1.165) is 0 Å². The maximum atomic E-state index is 11.2. The number of amides is 1. The molecule has 1 amide bonds. The summed E-state index contributed by atoms with van der Waals surface area (Å²) < 4.78 is 4.84. The molecule has 1 saturated heterocycles. The first-order chi connectivity index (χ1) is 7.54. The normalized spacial score (nSPS) is 21.9. The van der Waals surface area contributed by atoms with E-state index in [-0.39, 0.29) is 18.6 Å². The zero-order chi connectivity index (χ0) is 12.1. The van der Waals surface area contributed by atoms with Crippen molar-refractivity contribution in [3.63, 3.8) is 0 Å². The van der Waals surface area contributed by atoms with Gasteiger partial charge >= 0.3 is 12.1 Å². The highest BCUT2D eigenvalue weighted by molar-refractivity contribution is 5.71. The van der Waals surface area contributed by atoms with Gasteiger partial charge in [-0.1, -0.05) is 0 Å². The first-order valence-electron chi connectivity index (χ1n) is 5.42. The van der Waals surface area contributed by atoms with Crippen molar-refractivity contribution >= 4 is 12.1 Å². The predicted octanol–water partition coefficient (Wildman–Crippen LogP) is 0.234. The minimum atomic E-state index is -0.900. The van der Waals surface area contributed by atoms with Crippen molar-refractivity contribution in [1.82, 2.24) is 9.80 Å². The van der Waals surface area contributed by atoms with Gasteiger partial charge in [0.1, 0.15) is 0 Å². The molecular formula is C10H18N2O4. The van der Waals surface area contributed by atoms with Crippen LogP contribution in [0.1, 0.15) is 13.8 Å². The Bertz CT molecular complexity index is 270. The molecule has 1 atom stereocenters. The molecule has 0 aromatic rings. The molecule has 6 heteroatoms. The molecule has 1 aliphatic heterocycles. The fourth-order valence-corrected chi connectivity index (χ4v) is 1.85. The van der Waals surface area contributed by atoms with Crippen LogP contribution in [0, 0.1) is 0 Å². The molecule has 6 nitrogen and oxygen atoms in total. The Morgan fingerprint density at radius 3 is 2.62 bits per heavy atom. The summed E-state index contributed by atoms with van der Waals surface area (Å²) in [6, 6.07) is -0.0827. The monoisotopic (exact) mass is 230 g/mol. The first-order valence-corrected chi connectivity index (χ1v) is 5.42. The standard InChI is InChI=1S/C10H18N2O4/c1-3-16-9(13)7-11-4-5-12(10(14)15)8(2)6-11/h8H,3-7H2,1-2H3,(H,14,15)/t8-/m1/s1. The van der Waals surface area contributed by atoms with Crippen molar-refractivity contribution in [3.05, 3.63) is 0 Å². The number of carbonyl (C=O) groups is 2. The molecule has 0 bridgehead atoms. The molecule has 1 heterocycles. The lowest BCUT2D eigenvalue weighted by Gasteiger charge is -2.37. The Morgan fingerprint density at radius 1 is 1.44 bits per heavy atom. The zero-order valence-corrected chi connectivity index (χ0v) is 9.68. The Labute approximate surface area is 94.8 Å². The molecular weight excluding hydrogens is 212 g/mol. The van der Waals surface area contributed by atoms with Crippen LogP contribution in [0.4, 0.5) is 4.79 Å². The van der Waals surface area contributed by atoms with Crippen molar-refractivity contribution in [1.29, 1.82) is 0 Å². The van der Waals surface area contributed by atoms with E-state index in [1.165, 1.54) is 4.90 Å². The molecule has 1 fully saturated rings. The molecule has 92 valence electrons. The topological polar surface area (TPSA) is 70.1 Å². The van der Waals surface area contributed by atoms with Crippen LogP contribution in [-0.4, -0.2) is 65.8 Å². The second-order valence-electron chi connectivity index (χ2n) is 3.87. The van der Waals surface area contributed by atoms with Crippen LogP contribution < -0.4 is 0 Å². The summed E-state index contributed by atoms with van der Waals surface area (Å²) in [7, 11) is 0. The Hall–Kier alpha value is -1.30. The number of hydrogen-bond acceptors (Lipinski definition) is 4. The number of carbonyl (C=O) groups excluding carboxylic acids is 1. The van der Waals surface area contributed by atoms with Crippen LogP contribution in [0.15, 0.2) is 0 Å². The SMILES string of the molecule is CCOC(=O)CN1CCN(C(=O)O)[C@H](C)C1. The molecule has 0 unspecified atom stereocenters. The third-order valence-electron chi connectivity index (χ3n) is 2.62. The molecule has 0 aromatic carbocycles. The molecule has 16 heavy (non-hydrogen) atoms. The molecule has 0 radical (unpaired) electrons. The van der Waals surface area contributed by atoms with Crippen molar-refractivity contribution in [2.45, 2.75) is 19.9 Å². The number of piperazine rings is 1. The van der Waals surface area contributed by atoms with Crippen LogP contribution in [0.5, 0.6) is 0 Å². The number of ether oxygens (including phenoxy) is 1. The molecule has 0 aromatic heterocycles. The average Bonchev–Trinajstić information content (AvgIpc) is 2.17. The number of carboxylic acid groups (broad SMARTS) is 1. The Balaban J connectivity index is 2.39. The summed E-state index contributed by atoms with van der Waals surface area (Å²) in [5.41, 5.74) is 0. The van der Waals surface area contributed by atoms with E-state index >= 15 is 0 Å². The van der Waals surface area contributed by atoms with Crippen LogP contribution in [0.2, 0.25) is 0 Å². The van der Waals surface area contributed by atoms with Crippen LogP contribution in [0.25, 0.3) is 0 Å². The van der Waals surface area contributed by atoms with Gasteiger partial charge in [-0.05, 0) is 13.8 Å². The van der Waals surface area contributed by atoms with Gasteiger partial charge in [0, 0.05) is 25.7 Å². The largest absolute Gasteiger partial charge is 0.465 e. The van der Waals surface area contributed by atoms with Crippen LogP contribution in [0.3, 0.4) is 0 Å². The third-order valence-corrected chi connectivity index (χ3v) is 2.62. The fourth-order valence-electron chi connectivity index (χ4n) is 1.85. The number of rotatable bonds is 3. The maximum absolute atomic E-state index is 11.2. The van der Waals surface area contributed by atoms with E-state index < -0.39 is 6.09 Å². The molecule has 0 spiro atoms. The van der Waals surface area contributed by atoms with E-state index in [9.17, 15) is 9.59 Å². The fraction of sp³-hybridized carbons (Fsp3) is 0.800. The van der Waals surface area contributed by atoms with Crippen LogP contribution >= 0.6 is 0 Å². The first kappa shape index (κ1) is 12.8. The van der Waals surface area contributed by atoms with Crippen LogP contribution in [-0.2, 0) is 9.53 Å². The number of nitrogens with zero attached hydrogens (tertiary/aromatic N) is 2. The van der Waals surface area contributed by atoms with Gasteiger partial charge in [-0.15, -0.1) is 0 Å². The maximum Gasteiger partial charge on any atom is 0.407 e. The quantitative estimate of drug-likeness (QED) is 0.703. The van der Waals surface area contributed by atoms with Crippen molar-refractivity contribution in [3.8, 4) is 0 Å². The molecule has 0 aliphatic carbocycles. The van der Waals surface area contributed by atoms with Gasteiger partial charge in [0.05, 0.1) is 13.2 Å². The number of esters is 1. The van der Waals surface area contributed by atoms with Gasteiger partial charge in [-0.25, -0.2) is 4.79 Å². The molecule has 1 rings (SSSR count). The second kappa shape index (κ2) is 5.69.